The van der Waals surface area contributed by atoms with Crippen LogP contribution in [-0.4, -0.2) is 47.3 Å². The Morgan fingerprint density at radius 1 is 1.67 bits per heavy atom. The molecule has 2 atom stereocenters. The van der Waals surface area contributed by atoms with Crippen molar-refractivity contribution in [2.75, 3.05) is 19.0 Å². The molecule has 6 heteroatoms. The van der Waals surface area contributed by atoms with Gasteiger partial charge in [-0.3, -0.25) is 4.79 Å². The number of hydrogen-bond donors (Lipinski definition) is 4. The molecule has 12 heavy (non-hydrogen) atoms. The fourth-order valence-electron chi connectivity index (χ4n) is 0.413. The summed E-state index contributed by atoms with van der Waals surface area (Å²) in [5.74, 6) is -0.439. The predicted molar refractivity (Wildman–Crippen MR) is 45.9 cm³/mol. The van der Waals surface area contributed by atoms with E-state index in [-0.39, 0.29) is 12.4 Å². The number of carbonyl (C=O) groups excluding carboxylic acids is 1. The van der Waals surface area contributed by atoms with Crippen molar-refractivity contribution in [1.82, 2.24) is 0 Å². The number of rotatable bonds is 5. The molecule has 0 aromatic rings. The summed E-state index contributed by atoms with van der Waals surface area (Å²) < 4.78 is 4.52. The lowest BCUT2D eigenvalue weighted by molar-refractivity contribution is -0.148. The van der Waals surface area contributed by atoms with Crippen LogP contribution in [0.1, 0.15) is 0 Å². The van der Waals surface area contributed by atoms with Crippen molar-refractivity contribution in [3.05, 3.63) is 0 Å². The first-order chi connectivity index (χ1) is 5.61. The topological polar surface area (TPSA) is 92.8 Å². The maximum Gasteiger partial charge on any atom is 0.323 e. The summed E-state index contributed by atoms with van der Waals surface area (Å²) in [4.78, 5) is 10.8. The standard InChI is InChI=1S/C6H13NO4S/c7-5(3-12)6(10)11-2-4(9)1-8/h4-5,8-9,12H,1-3,7H2. The van der Waals surface area contributed by atoms with E-state index in [1.165, 1.54) is 0 Å². The van der Waals surface area contributed by atoms with Crippen LogP contribution in [0.2, 0.25) is 0 Å². The number of aliphatic hydroxyl groups is 2. The van der Waals surface area contributed by atoms with Crippen LogP contribution in [-0.2, 0) is 9.53 Å². The Balaban J connectivity index is 3.56. The third-order valence-electron chi connectivity index (χ3n) is 1.13. The highest BCUT2D eigenvalue weighted by Gasteiger charge is 2.14. The van der Waals surface area contributed by atoms with Crippen molar-refractivity contribution >= 4 is 18.6 Å². The smallest absolute Gasteiger partial charge is 0.323 e. The van der Waals surface area contributed by atoms with E-state index < -0.39 is 24.7 Å². The molecule has 0 rings (SSSR count). The van der Waals surface area contributed by atoms with Gasteiger partial charge in [0.25, 0.3) is 0 Å². The van der Waals surface area contributed by atoms with Crippen molar-refractivity contribution < 1.29 is 19.7 Å². The zero-order chi connectivity index (χ0) is 9.56. The van der Waals surface area contributed by atoms with Gasteiger partial charge < -0.3 is 20.7 Å². The van der Waals surface area contributed by atoms with Gasteiger partial charge in [0.15, 0.2) is 0 Å². The summed E-state index contributed by atoms with van der Waals surface area (Å²) in [6.45, 7) is -0.680. The number of esters is 1. The predicted octanol–water partition coefficient (Wildman–Crippen LogP) is -1.86. The van der Waals surface area contributed by atoms with E-state index in [9.17, 15) is 4.79 Å². The molecule has 0 aliphatic rings. The summed E-state index contributed by atoms with van der Waals surface area (Å²) in [7, 11) is 0. The summed E-state index contributed by atoms with van der Waals surface area (Å²) in [6.07, 6.45) is -1.04. The maximum atomic E-state index is 10.8. The Morgan fingerprint density at radius 3 is 2.67 bits per heavy atom. The fourth-order valence-corrected chi connectivity index (χ4v) is 0.562. The summed E-state index contributed by atoms with van der Waals surface area (Å²) in [5, 5.41) is 17.1. The first kappa shape index (κ1) is 11.7. The Bertz CT molecular complexity index is 144. The van der Waals surface area contributed by atoms with Gasteiger partial charge in [-0.25, -0.2) is 0 Å². The molecule has 2 unspecified atom stereocenters. The Kier molecular flexibility index (Phi) is 6.09. The van der Waals surface area contributed by atoms with Crippen molar-refractivity contribution in [3.8, 4) is 0 Å². The van der Waals surface area contributed by atoms with E-state index in [0.29, 0.717) is 0 Å². The van der Waals surface area contributed by atoms with Gasteiger partial charge in [-0.15, -0.1) is 0 Å². The Morgan fingerprint density at radius 2 is 2.25 bits per heavy atom. The number of thiol groups is 1. The van der Waals surface area contributed by atoms with Gasteiger partial charge in [-0.1, -0.05) is 0 Å². The van der Waals surface area contributed by atoms with Crippen LogP contribution in [0.25, 0.3) is 0 Å². The van der Waals surface area contributed by atoms with Gasteiger partial charge in [-0.2, -0.15) is 12.6 Å². The molecule has 0 aromatic heterocycles. The van der Waals surface area contributed by atoms with E-state index in [1.54, 1.807) is 0 Å². The minimum absolute atomic E-state index is 0.189. The molecule has 5 nitrogen and oxygen atoms in total. The highest BCUT2D eigenvalue weighted by Crippen LogP contribution is 1.90. The zero-order valence-corrected chi connectivity index (χ0v) is 7.41. The molecule has 0 bridgehead atoms. The van der Waals surface area contributed by atoms with Gasteiger partial charge in [0.2, 0.25) is 0 Å². The molecule has 0 amide bonds. The maximum absolute atomic E-state index is 10.8. The van der Waals surface area contributed by atoms with Gasteiger partial charge in [-0.05, 0) is 0 Å². The normalized spacial score (nSPS) is 15.3. The molecule has 0 heterocycles. The lowest BCUT2D eigenvalue weighted by Gasteiger charge is -2.11. The minimum atomic E-state index is -1.04. The molecule has 0 fully saturated rings. The second-order valence-corrected chi connectivity index (χ2v) is 2.62. The number of nitrogens with two attached hydrogens (primary N) is 1. The average Bonchev–Trinajstić information content (AvgIpc) is 2.11. The van der Waals surface area contributed by atoms with E-state index >= 15 is 0 Å². The van der Waals surface area contributed by atoms with E-state index in [4.69, 9.17) is 15.9 Å². The fraction of sp³-hybridized carbons (Fsp3) is 0.833. The van der Waals surface area contributed by atoms with Crippen LogP contribution in [0.5, 0.6) is 0 Å². The second kappa shape index (κ2) is 6.24. The molecule has 4 N–H and O–H groups in total. The molecule has 0 saturated heterocycles. The lowest BCUT2D eigenvalue weighted by Crippen LogP contribution is -2.36. The van der Waals surface area contributed by atoms with Gasteiger partial charge in [0, 0.05) is 5.75 Å². The lowest BCUT2D eigenvalue weighted by atomic mass is 10.3. The van der Waals surface area contributed by atoms with Crippen molar-refractivity contribution in [1.29, 1.82) is 0 Å². The average molecular weight is 195 g/mol. The number of carbonyl (C=O) groups is 1. The Hall–Kier alpha value is -0.300. The molecule has 0 spiro atoms. The summed E-state index contributed by atoms with van der Waals surface area (Å²) in [6, 6.07) is -0.778. The van der Waals surface area contributed by atoms with E-state index in [1.807, 2.05) is 0 Å². The molecule has 0 aliphatic carbocycles. The molecular weight excluding hydrogens is 182 g/mol. The highest BCUT2D eigenvalue weighted by molar-refractivity contribution is 7.80. The molecule has 0 saturated carbocycles. The Labute approximate surface area is 75.9 Å². The third-order valence-corrected chi connectivity index (χ3v) is 1.52. The zero-order valence-electron chi connectivity index (χ0n) is 6.51. The summed E-state index contributed by atoms with van der Waals surface area (Å²) >= 11 is 3.78. The van der Waals surface area contributed by atoms with Crippen LogP contribution < -0.4 is 5.73 Å². The van der Waals surface area contributed by atoms with Crippen LogP contribution >= 0.6 is 12.6 Å². The van der Waals surface area contributed by atoms with Crippen LogP contribution in [0.3, 0.4) is 0 Å². The second-order valence-electron chi connectivity index (χ2n) is 2.26. The molecule has 0 aromatic carbocycles. The monoisotopic (exact) mass is 195 g/mol. The first-order valence-corrected chi connectivity index (χ1v) is 4.07. The van der Waals surface area contributed by atoms with Gasteiger partial charge in [0.05, 0.1) is 6.61 Å². The molecule has 0 aliphatic heterocycles. The largest absolute Gasteiger partial charge is 0.462 e. The minimum Gasteiger partial charge on any atom is -0.462 e. The quantitative estimate of drug-likeness (QED) is 0.305. The van der Waals surface area contributed by atoms with Gasteiger partial charge in [0.1, 0.15) is 18.8 Å². The SMILES string of the molecule is NC(CS)C(=O)OCC(O)CO. The number of hydrogen-bond acceptors (Lipinski definition) is 6. The van der Waals surface area contributed by atoms with Crippen molar-refractivity contribution in [2.45, 2.75) is 12.1 Å². The first-order valence-electron chi connectivity index (χ1n) is 3.43. The highest BCUT2D eigenvalue weighted by atomic mass is 32.1. The number of ether oxygens (including phenoxy) is 1. The van der Waals surface area contributed by atoms with Crippen molar-refractivity contribution in [3.63, 3.8) is 0 Å². The third kappa shape index (κ3) is 4.55. The van der Waals surface area contributed by atoms with E-state index in [0.717, 1.165) is 0 Å². The van der Waals surface area contributed by atoms with Crippen LogP contribution in [0.4, 0.5) is 0 Å². The number of aliphatic hydroxyl groups excluding tert-OH is 2. The van der Waals surface area contributed by atoms with Crippen LogP contribution in [0.15, 0.2) is 0 Å². The van der Waals surface area contributed by atoms with Gasteiger partial charge >= 0.3 is 5.97 Å². The van der Waals surface area contributed by atoms with E-state index in [2.05, 4.69) is 17.4 Å². The van der Waals surface area contributed by atoms with Crippen molar-refractivity contribution in [2.24, 2.45) is 5.73 Å². The van der Waals surface area contributed by atoms with Crippen LogP contribution in [0, 0.1) is 0 Å². The molecular formula is C6H13NO4S. The summed E-state index contributed by atoms with van der Waals surface area (Å²) in [5.41, 5.74) is 5.25. The molecule has 0 radical (unpaired) electrons. The molecule has 72 valence electrons.